The molecule has 156 valence electrons. The lowest BCUT2D eigenvalue weighted by atomic mass is 9.87. The highest BCUT2D eigenvalue weighted by Gasteiger charge is 2.24. The number of hydrogen-bond acceptors (Lipinski definition) is 4. The minimum absolute atomic E-state index is 0.00444. The van der Waals surface area contributed by atoms with E-state index in [1.165, 1.54) is 7.11 Å². The Labute approximate surface area is 172 Å². The van der Waals surface area contributed by atoms with E-state index in [1.54, 1.807) is 29.2 Å². The first-order valence-electron chi connectivity index (χ1n) is 9.67. The van der Waals surface area contributed by atoms with Gasteiger partial charge < -0.3 is 9.64 Å². The molecule has 6 nitrogen and oxygen atoms in total. The van der Waals surface area contributed by atoms with E-state index in [1.807, 2.05) is 18.2 Å². The molecular formula is C22H28N2O4S. The number of nitrogens with zero attached hydrogens (tertiary/aromatic N) is 1. The summed E-state index contributed by atoms with van der Waals surface area (Å²) in [5, 5.41) is 0. The van der Waals surface area contributed by atoms with Gasteiger partial charge in [0.1, 0.15) is 6.61 Å². The molecule has 0 atom stereocenters. The van der Waals surface area contributed by atoms with Gasteiger partial charge in [-0.3, -0.25) is 9.52 Å². The average Bonchev–Trinajstić information content (AvgIpc) is 2.67. The standard InChI is InChI=1S/C22H28N2O4S/c1-22(2,3)17-8-11-19(12-9-17)29(26,27)23-18-10-7-16-6-5-13-24(20(16)14-18)21(25)15-28-4/h7-12,14,23H,5-6,13,15H2,1-4H3. The summed E-state index contributed by atoms with van der Waals surface area (Å²) < 4.78 is 33.3. The van der Waals surface area contributed by atoms with Gasteiger partial charge in [0.15, 0.2) is 0 Å². The number of benzene rings is 2. The summed E-state index contributed by atoms with van der Waals surface area (Å²) in [6.07, 6.45) is 1.72. The van der Waals surface area contributed by atoms with Crippen molar-refractivity contribution in [2.75, 3.05) is 29.9 Å². The lowest BCUT2D eigenvalue weighted by molar-refractivity contribution is -0.122. The maximum Gasteiger partial charge on any atom is 0.261 e. The molecule has 29 heavy (non-hydrogen) atoms. The van der Waals surface area contributed by atoms with E-state index in [4.69, 9.17) is 4.74 Å². The van der Waals surface area contributed by atoms with E-state index < -0.39 is 10.0 Å². The summed E-state index contributed by atoms with van der Waals surface area (Å²) in [5.74, 6) is -0.133. The molecule has 0 saturated carbocycles. The molecule has 0 saturated heterocycles. The SMILES string of the molecule is COCC(=O)N1CCCc2ccc(NS(=O)(=O)c3ccc(C(C)(C)C)cc3)cc21. The smallest absolute Gasteiger partial charge is 0.261 e. The molecule has 1 N–H and O–H groups in total. The summed E-state index contributed by atoms with van der Waals surface area (Å²) in [6.45, 7) is 6.84. The average molecular weight is 417 g/mol. The molecule has 3 rings (SSSR count). The molecule has 7 heteroatoms. The number of hydrogen-bond donors (Lipinski definition) is 1. The zero-order valence-corrected chi connectivity index (χ0v) is 18.2. The third kappa shape index (κ3) is 4.79. The second-order valence-electron chi connectivity index (χ2n) is 8.31. The molecule has 0 spiro atoms. The van der Waals surface area contributed by atoms with Crippen LogP contribution in [0, 0.1) is 0 Å². The Morgan fingerprint density at radius 3 is 2.45 bits per heavy atom. The highest BCUT2D eigenvalue weighted by Crippen LogP contribution is 2.31. The van der Waals surface area contributed by atoms with Crippen LogP contribution in [0.1, 0.15) is 38.3 Å². The van der Waals surface area contributed by atoms with E-state index in [0.29, 0.717) is 12.2 Å². The number of nitrogens with one attached hydrogen (secondary N) is 1. The number of sulfonamides is 1. The Morgan fingerprint density at radius 1 is 1.14 bits per heavy atom. The van der Waals surface area contributed by atoms with Crippen LogP contribution in [0.25, 0.3) is 0 Å². The van der Waals surface area contributed by atoms with Crippen molar-refractivity contribution in [2.45, 2.75) is 43.9 Å². The summed E-state index contributed by atoms with van der Waals surface area (Å²) >= 11 is 0. The van der Waals surface area contributed by atoms with Gasteiger partial charge in [0.05, 0.1) is 10.6 Å². The first-order valence-corrected chi connectivity index (χ1v) is 11.2. The number of aryl methyl sites for hydroxylation is 1. The summed E-state index contributed by atoms with van der Waals surface area (Å²) in [6, 6.07) is 12.3. The number of carbonyl (C=O) groups is 1. The fourth-order valence-electron chi connectivity index (χ4n) is 3.45. The maximum atomic E-state index is 12.8. The second-order valence-corrected chi connectivity index (χ2v) is 9.99. The second kappa shape index (κ2) is 8.16. The number of rotatable bonds is 5. The monoisotopic (exact) mass is 416 g/mol. The lowest BCUT2D eigenvalue weighted by Crippen LogP contribution is -2.37. The molecule has 0 aliphatic carbocycles. The van der Waals surface area contributed by atoms with E-state index in [0.717, 1.165) is 29.7 Å². The van der Waals surface area contributed by atoms with Crippen molar-refractivity contribution < 1.29 is 17.9 Å². The number of amides is 1. The van der Waals surface area contributed by atoms with Crippen LogP contribution in [0.4, 0.5) is 11.4 Å². The number of anilines is 2. The van der Waals surface area contributed by atoms with Crippen LogP contribution >= 0.6 is 0 Å². The van der Waals surface area contributed by atoms with Crippen LogP contribution in [-0.4, -0.2) is 34.6 Å². The van der Waals surface area contributed by atoms with Gasteiger partial charge in [0.25, 0.3) is 15.9 Å². The van der Waals surface area contributed by atoms with E-state index >= 15 is 0 Å². The Morgan fingerprint density at radius 2 is 1.83 bits per heavy atom. The van der Waals surface area contributed by atoms with E-state index in [9.17, 15) is 13.2 Å². The number of fused-ring (bicyclic) bond motifs is 1. The van der Waals surface area contributed by atoms with Crippen molar-refractivity contribution in [3.63, 3.8) is 0 Å². The Bertz CT molecular complexity index is 992. The molecule has 0 fully saturated rings. The molecule has 2 aromatic carbocycles. The fourth-order valence-corrected chi connectivity index (χ4v) is 4.50. The van der Waals surface area contributed by atoms with Gasteiger partial charge in [-0.05, 0) is 53.6 Å². The Balaban J connectivity index is 1.86. The van der Waals surface area contributed by atoms with Gasteiger partial charge in [-0.15, -0.1) is 0 Å². The van der Waals surface area contributed by atoms with Crippen molar-refractivity contribution in [1.29, 1.82) is 0 Å². The van der Waals surface area contributed by atoms with Crippen LogP contribution in [0.5, 0.6) is 0 Å². The summed E-state index contributed by atoms with van der Waals surface area (Å²) in [7, 11) is -2.24. The van der Waals surface area contributed by atoms with Crippen molar-refractivity contribution in [1.82, 2.24) is 0 Å². The zero-order valence-electron chi connectivity index (χ0n) is 17.4. The molecular weight excluding hydrogens is 388 g/mol. The van der Waals surface area contributed by atoms with Crippen LogP contribution in [0.3, 0.4) is 0 Å². The van der Waals surface area contributed by atoms with Crippen molar-refractivity contribution in [3.8, 4) is 0 Å². The highest BCUT2D eigenvalue weighted by molar-refractivity contribution is 7.92. The van der Waals surface area contributed by atoms with Crippen LogP contribution in [-0.2, 0) is 31.4 Å². The molecule has 0 bridgehead atoms. The molecule has 1 heterocycles. The molecule has 1 aliphatic rings. The molecule has 1 amide bonds. The van der Waals surface area contributed by atoms with Gasteiger partial charge in [-0.2, -0.15) is 0 Å². The maximum absolute atomic E-state index is 12.8. The van der Waals surface area contributed by atoms with Crippen LogP contribution in [0.15, 0.2) is 47.4 Å². The van der Waals surface area contributed by atoms with Gasteiger partial charge in [-0.25, -0.2) is 8.42 Å². The zero-order chi connectivity index (χ0) is 21.2. The minimum atomic E-state index is -3.73. The van der Waals surface area contributed by atoms with Crippen LogP contribution < -0.4 is 9.62 Å². The van der Waals surface area contributed by atoms with Gasteiger partial charge in [0, 0.05) is 19.3 Å². The van der Waals surface area contributed by atoms with Gasteiger partial charge in [0.2, 0.25) is 0 Å². The Hall–Kier alpha value is -2.38. The van der Waals surface area contributed by atoms with Gasteiger partial charge in [-0.1, -0.05) is 39.0 Å². The van der Waals surface area contributed by atoms with Crippen molar-refractivity contribution >= 4 is 27.3 Å². The summed E-state index contributed by atoms with van der Waals surface area (Å²) in [5.41, 5.74) is 3.21. The predicted octanol–water partition coefficient (Wildman–Crippen LogP) is 3.71. The van der Waals surface area contributed by atoms with E-state index in [-0.39, 0.29) is 22.8 Å². The summed E-state index contributed by atoms with van der Waals surface area (Å²) in [4.78, 5) is 14.2. The van der Waals surface area contributed by atoms with Crippen LogP contribution in [0.2, 0.25) is 0 Å². The third-order valence-electron chi connectivity index (χ3n) is 5.06. The quantitative estimate of drug-likeness (QED) is 0.806. The topological polar surface area (TPSA) is 75.7 Å². The first-order chi connectivity index (χ1) is 13.6. The highest BCUT2D eigenvalue weighted by atomic mass is 32.2. The lowest BCUT2D eigenvalue weighted by Gasteiger charge is -2.30. The third-order valence-corrected chi connectivity index (χ3v) is 6.45. The first kappa shape index (κ1) is 21.3. The molecule has 0 radical (unpaired) electrons. The number of methoxy groups -OCH3 is 1. The molecule has 0 unspecified atom stereocenters. The molecule has 0 aromatic heterocycles. The Kier molecular flexibility index (Phi) is 6.00. The van der Waals surface area contributed by atoms with Crippen molar-refractivity contribution in [3.05, 3.63) is 53.6 Å². The normalized spacial score (nSPS) is 14.4. The fraction of sp³-hybridized carbons (Fsp3) is 0.409. The van der Waals surface area contributed by atoms with E-state index in [2.05, 4.69) is 25.5 Å². The van der Waals surface area contributed by atoms with Gasteiger partial charge >= 0.3 is 0 Å². The van der Waals surface area contributed by atoms with Crippen molar-refractivity contribution in [2.24, 2.45) is 0 Å². The number of ether oxygens (including phenoxy) is 1. The minimum Gasteiger partial charge on any atom is -0.375 e. The number of carbonyl (C=O) groups excluding carboxylic acids is 1. The molecule has 2 aromatic rings. The largest absolute Gasteiger partial charge is 0.375 e. The predicted molar refractivity (Wildman–Crippen MR) is 115 cm³/mol. The molecule has 1 aliphatic heterocycles.